The number of anilines is 3. The average molecular weight is 662 g/mol. The highest BCUT2D eigenvalue weighted by molar-refractivity contribution is 6.08. The first-order valence-corrected chi connectivity index (χ1v) is 17.7. The van der Waals surface area contributed by atoms with Gasteiger partial charge in [0.2, 0.25) is 0 Å². The molecule has 3 nitrogen and oxygen atoms in total. The molecule has 0 fully saturated rings. The minimum absolute atomic E-state index is 0.634. The van der Waals surface area contributed by atoms with Crippen molar-refractivity contribution in [2.45, 2.75) is 13.8 Å². The molecule has 7 aromatic carbocycles. The molecule has 51 heavy (non-hydrogen) atoms. The van der Waals surface area contributed by atoms with Crippen LogP contribution < -0.4 is 14.4 Å². The predicted octanol–water partition coefficient (Wildman–Crippen LogP) is 12.9. The number of rotatable bonds is 10. The van der Waals surface area contributed by atoms with Crippen molar-refractivity contribution in [2.24, 2.45) is 0 Å². The van der Waals surface area contributed by atoms with Gasteiger partial charge in [-0.15, -0.1) is 0 Å². The molecule has 7 aromatic rings. The van der Waals surface area contributed by atoms with E-state index in [-0.39, 0.29) is 0 Å². The van der Waals surface area contributed by atoms with Gasteiger partial charge >= 0.3 is 0 Å². The summed E-state index contributed by atoms with van der Waals surface area (Å²) in [6, 6.07) is 60.5. The largest absolute Gasteiger partial charge is 0.494 e. The molecule has 8 rings (SSSR count). The molecule has 3 heteroatoms. The molecule has 0 saturated heterocycles. The first kappa shape index (κ1) is 31.9. The lowest BCUT2D eigenvalue weighted by atomic mass is 9.96. The van der Waals surface area contributed by atoms with Crippen molar-refractivity contribution < 1.29 is 9.47 Å². The van der Waals surface area contributed by atoms with Crippen LogP contribution in [-0.2, 0) is 0 Å². The Hall–Kier alpha value is -6.32. The molecule has 248 valence electrons. The van der Waals surface area contributed by atoms with Gasteiger partial charge in [-0.25, -0.2) is 0 Å². The molecule has 0 spiro atoms. The Labute approximate surface area is 300 Å². The summed E-state index contributed by atoms with van der Waals surface area (Å²) < 4.78 is 11.5. The van der Waals surface area contributed by atoms with Crippen LogP contribution in [0.4, 0.5) is 17.1 Å². The third-order valence-corrected chi connectivity index (χ3v) is 9.40. The van der Waals surface area contributed by atoms with E-state index in [1.165, 1.54) is 50.1 Å². The van der Waals surface area contributed by atoms with Gasteiger partial charge in [-0.2, -0.15) is 0 Å². The van der Waals surface area contributed by atoms with Crippen LogP contribution in [0.25, 0.3) is 45.0 Å². The molecule has 0 atom stereocenters. The number of benzene rings is 7. The van der Waals surface area contributed by atoms with E-state index in [1.54, 1.807) is 0 Å². The molecule has 0 aliphatic heterocycles. The van der Waals surface area contributed by atoms with Gasteiger partial charge in [-0.05, 0) is 148 Å². The van der Waals surface area contributed by atoms with Crippen LogP contribution in [0.1, 0.15) is 30.5 Å². The maximum absolute atomic E-state index is 5.75. The van der Waals surface area contributed by atoms with Crippen LogP contribution in [0, 0.1) is 0 Å². The fraction of sp³-hybridized carbons (Fsp3) is 0.0833. The van der Waals surface area contributed by atoms with Crippen molar-refractivity contribution in [1.82, 2.24) is 0 Å². The van der Waals surface area contributed by atoms with Gasteiger partial charge in [0, 0.05) is 17.1 Å². The first-order chi connectivity index (χ1) is 25.2. The van der Waals surface area contributed by atoms with Crippen LogP contribution in [0.5, 0.6) is 11.5 Å². The number of ether oxygens (including phenoxy) is 2. The van der Waals surface area contributed by atoms with E-state index in [2.05, 4.69) is 157 Å². The molecule has 0 N–H and O–H groups in total. The molecular weight excluding hydrogens is 623 g/mol. The van der Waals surface area contributed by atoms with Gasteiger partial charge < -0.3 is 14.4 Å². The Bertz CT molecular complexity index is 2150. The van der Waals surface area contributed by atoms with Crippen LogP contribution >= 0.6 is 0 Å². The highest BCUT2D eigenvalue weighted by Crippen LogP contribution is 2.48. The SMILES string of the molecule is CCOc1ccc(N(c2ccc(C=C3c4cc(-c5ccccc5)ccc4-c4ccc(-c5ccccc5)cc43)cc2)c2ccc(OCC)cc2)cc1. The molecule has 0 unspecified atom stereocenters. The van der Waals surface area contributed by atoms with E-state index < -0.39 is 0 Å². The van der Waals surface area contributed by atoms with Crippen LogP contribution in [0.15, 0.2) is 170 Å². The molecule has 1 aliphatic carbocycles. The number of hydrogen-bond acceptors (Lipinski definition) is 3. The Kier molecular flexibility index (Phi) is 8.93. The van der Waals surface area contributed by atoms with E-state index in [0.717, 1.165) is 34.1 Å². The zero-order valence-electron chi connectivity index (χ0n) is 28.9. The van der Waals surface area contributed by atoms with Crippen molar-refractivity contribution in [3.63, 3.8) is 0 Å². The maximum atomic E-state index is 5.75. The summed E-state index contributed by atoms with van der Waals surface area (Å²) in [5, 5.41) is 0. The average Bonchev–Trinajstić information content (AvgIpc) is 3.49. The van der Waals surface area contributed by atoms with Gasteiger partial charge in [0.05, 0.1) is 13.2 Å². The highest BCUT2D eigenvalue weighted by Gasteiger charge is 2.25. The topological polar surface area (TPSA) is 21.7 Å². The van der Waals surface area contributed by atoms with Crippen LogP contribution in [-0.4, -0.2) is 13.2 Å². The van der Waals surface area contributed by atoms with Crippen LogP contribution in [0.3, 0.4) is 0 Å². The lowest BCUT2D eigenvalue weighted by molar-refractivity contribution is 0.340. The minimum Gasteiger partial charge on any atom is -0.494 e. The predicted molar refractivity (Wildman–Crippen MR) is 213 cm³/mol. The van der Waals surface area contributed by atoms with Gasteiger partial charge in [0.15, 0.2) is 0 Å². The fourth-order valence-electron chi connectivity index (χ4n) is 6.97. The molecule has 0 radical (unpaired) electrons. The summed E-state index contributed by atoms with van der Waals surface area (Å²) in [5.74, 6) is 1.72. The Morgan fingerprint density at radius 3 is 1.24 bits per heavy atom. The molecule has 0 aromatic heterocycles. The summed E-state index contributed by atoms with van der Waals surface area (Å²) in [6.45, 7) is 5.28. The summed E-state index contributed by atoms with van der Waals surface area (Å²) in [4.78, 5) is 2.26. The molecule has 0 saturated carbocycles. The highest BCUT2D eigenvalue weighted by atomic mass is 16.5. The molecule has 0 heterocycles. The third-order valence-electron chi connectivity index (χ3n) is 9.40. The summed E-state index contributed by atoms with van der Waals surface area (Å²) in [7, 11) is 0. The maximum Gasteiger partial charge on any atom is 0.119 e. The van der Waals surface area contributed by atoms with E-state index in [0.29, 0.717) is 13.2 Å². The zero-order chi connectivity index (χ0) is 34.6. The Morgan fingerprint density at radius 1 is 0.412 bits per heavy atom. The molecular formula is C48H39NO2. The van der Waals surface area contributed by atoms with Crippen molar-refractivity contribution in [3.8, 4) is 44.9 Å². The normalized spacial score (nSPS) is 11.5. The molecule has 1 aliphatic rings. The van der Waals surface area contributed by atoms with Gasteiger partial charge in [-0.1, -0.05) is 97.1 Å². The fourth-order valence-corrected chi connectivity index (χ4v) is 6.97. The van der Waals surface area contributed by atoms with Crippen molar-refractivity contribution >= 4 is 28.7 Å². The Balaban J connectivity index is 1.21. The van der Waals surface area contributed by atoms with E-state index in [4.69, 9.17) is 9.47 Å². The molecule has 0 bridgehead atoms. The summed E-state index contributed by atoms with van der Waals surface area (Å²) in [5.41, 5.74) is 15.5. The summed E-state index contributed by atoms with van der Waals surface area (Å²) in [6.07, 6.45) is 2.34. The van der Waals surface area contributed by atoms with E-state index in [1.807, 2.05) is 38.1 Å². The number of fused-ring (bicyclic) bond motifs is 3. The van der Waals surface area contributed by atoms with Crippen LogP contribution in [0.2, 0.25) is 0 Å². The first-order valence-electron chi connectivity index (χ1n) is 17.7. The second kappa shape index (κ2) is 14.3. The van der Waals surface area contributed by atoms with E-state index in [9.17, 15) is 0 Å². The lowest BCUT2D eigenvalue weighted by Gasteiger charge is -2.26. The van der Waals surface area contributed by atoms with Crippen molar-refractivity contribution in [3.05, 3.63) is 187 Å². The van der Waals surface area contributed by atoms with Crippen molar-refractivity contribution in [1.29, 1.82) is 0 Å². The van der Waals surface area contributed by atoms with E-state index >= 15 is 0 Å². The second-order valence-corrected chi connectivity index (χ2v) is 12.6. The van der Waals surface area contributed by atoms with Crippen molar-refractivity contribution in [2.75, 3.05) is 18.1 Å². The minimum atomic E-state index is 0.634. The van der Waals surface area contributed by atoms with Gasteiger partial charge in [0.1, 0.15) is 11.5 Å². The number of hydrogen-bond donors (Lipinski definition) is 0. The van der Waals surface area contributed by atoms with Gasteiger partial charge in [0.25, 0.3) is 0 Å². The zero-order valence-corrected chi connectivity index (χ0v) is 28.9. The lowest BCUT2D eigenvalue weighted by Crippen LogP contribution is -2.10. The van der Waals surface area contributed by atoms with Gasteiger partial charge in [-0.3, -0.25) is 0 Å². The second-order valence-electron chi connectivity index (χ2n) is 12.6. The Morgan fingerprint density at radius 2 is 0.824 bits per heavy atom. The summed E-state index contributed by atoms with van der Waals surface area (Å²) >= 11 is 0. The quantitative estimate of drug-likeness (QED) is 0.146. The monoisotopic (exact) mass is 661 g/mol. The molecule has 0 amide bonds. The number of nitrogens with zero attached hydrogens (tertiary/aromatic N) is 1. The standard InChI is InChI=1S/C48H39NO2/c1-3-50-42-25-21-40(22-26-42)49(41-23-27-43(28-24-41)51-4-2)39-19-15-34(16-20-39)31-46-47-32-37(35-11-7-5-8-12-35)17-29-44(47)45-30-18-38(33-48(45)46)36-13-9-6-10-14-36/h5-33H,3-4H2,1-2H3. The third kappa shape index (κ3) is 6.54. The smallest absolute Gasteiger partial charge is 0.119 e.